The Morgan fingerprint density at radius 3 is 2.21 bits per heavy atom. The van der Waals surface area contributed by atoms with Gasteiger partial charge in [-0.2, -0.15) is 0 Å². The second-order valence-corrected chi connectivity index (χ2v) is 4.51. The van der Waals surface area contributed by atoms with Crippen molar-refractivity contribution in [2.45, 2.75) is 12.8 Å². The summed E-state index contributed by atoms with van der Waals surface area (Å²) in [7, 11) is 0. The largest absolute Gasteiger partial charge is 0.506 e. The molecule has 2 N–H and O–H groups in total. The number of benzene rings is 1. The topological polar surface area (TPSA) is 57.5 Å². The van der Waals surface area contributed by atoms with Gasteiger partial charge in [-0.15, -0.1) is 0 Å². The van der Waals surface area contributed by atoms with Crippen molar-refractivity contribution in [3.05, 3.63) is 26.6 Å². The van der Waals surface area contributed by atoms with E-state index in [0.717, 1.165) is 5.56 Å². The van der Waals surface area contributed by atoms with Crippen molar-refractivity contribution >= 4 is 37.8 Å². The molecule has 0 spiro atoms. The summed E-state index contributed by atoms with van der Waals surface area (Å²) in [5.41, 5.74) is 0.865. The van der Waals surface area contributed by atoms with Crippen molar-refractivity contribution in [1.29, 1.82) is 0 Å². The van der Waals surface area contributed by atoms with Crippen molar-refractivity contribution < 1.29 is 15.0 Å². The molecule has 0 bridgehead atoms. The first-order valence-electron chi connectivity index (χ1n) is 3.89. The zero-order chi connectivity index (χ0) is 10.7. The molecule has 0 radical (unpaired) electrons. The Morgan fingerprint density at radius 1 is 1.29 bits per heavy atom. The fraction of sp³-hybridized carbons (Fsp3) is 0.222. The van der Waals surface area contributed by atoms with Gasteiger partial charge in [-0.3, -0.25) is 4.79 Å². The standard InChI is InChI=1S/C9H8Br2O3/c10-6-3-5(1-2-8(12)13)4-7(11)9(6)14/h3-4,14H,1-2H2,(H,12,13). The van der Waals surface area contributed by atoms with Gasteiger partial charge in [0.1, 0.15) is 5.75 Å². The quantitative estimate of drug-likeness (QED) is 0.899. The summed E-state index contributed by atoms with van der Waals surface area (Å²) in [6.45, 7) is 0. The number of aromatic hydroxyl groups is 1. The van der Waals surface area contributed by atoms with Crippen LogP contribution in [0.3, 0.4) is 0 Å². The molecule has 0 saturated heterocycles. The number of carbonyl (C=O) groups is 1. The fourth-order valence-corrected chi connectivity index (χ4v) is 2.29. The monoisotopic (exact) mass is 322 g/mol. The van der Waals surface area contributed by atoms with Crippen LogP contribution in [0.15, 0.2) is 21.1 Å². The van der Waals surface area contributed by atoms with E-state index in [1.54, 1.807) is 12.1 Å². The van der Waals surface area contributed by atoms with Gasteiger partial charge in [0.25, 0.3) is 0 Å². The number of halogens is 2. The van der Waals surface area contributed by atoms with E-state index in [-0.39, 0.29) is 12.2 Å². The summed E-state index contributed by atoms with van der Waals surface area (Å²) in [4.78, 5) is 10.3. The Balaban J connectivity index is 2.84. The molecule has 0 unspecified atom stereocenters. The molecular formula is C9H8Br2O3. The minimum atomic E-state index is -0.828. The van der Waals surface area contributed by atoms with E-state index >= 15 is 0 Å². The summed E-state index contributed by atoms with van der Waals surface area (Å²) < 4.78 is 1.12. The molecule has 0 saturated carbocycles. The molecule has 3 nitrogen and oxygen atoms in total. The van der Waals surface area contributed by atoms with Gasteiger partial charge in [0, 0.05) is 6.42 Å². The second-order valence-electron chi connectivity index (χ2n) is 2.80. The number of phenolic OH excluding ortho intramolecular Hbond substituents is 1. The first kappa shape index (κ1) is 11.5. The minimum Gasteiger partial charge on any atom is -0.506 e. The number of phenols is 1. The molecule has 0 amide bonds. The summed E-state index contributed by atoms with van der Waals surface area (Å²) in [6, 6.07) is 3.42. The zero-order valence-electron chi connectivity index (χ0n) is 7.13. The Labute approximate surface area is 98.0 Å². The molecule has 1 rings (SSSR count). The van der Waals surface area contributed by atoms with Crippen LogP contribution in [0.2, 0.25) is 0 Å². The molecule has 0 aliphatic carbocycles. The SMILES string of the molecule is O=C(O)CCc1cc(Br)c(O)c(Br)c1. The number of hydrogen-bond acceptors (Lipinski definition) is 2. The highest BCUT2D eigenvalue weighted by molar-refractivity contribution is 9.11. The maximum absolute atomic E-state index is 10.3. The van der Waals surface area contributed by atoms with Crippen molar-refractivity contribution in [3.63, 3.8) is 0 Å². The lowest BCUT2D eigenvalue weighted by molar-refractivity contribution is -0.136. The van der Waals surface area contributed by atoms with Crippen molar-refractivity contribution in [1.82, 2.24) is 0 Å². The number of carboxylic acids is 1. The van der Waals surface area contributed by atoms with Crippen LogP contribution >= 0.6 is 31.9 Å². The van der Waals surface area contributed by atoms with Gasteiger partial charge in [-0.1, -0.05) is 0 Å². The van der Waals surface area contributed by atoms with Gasteiger partial charge >= 0.3 is 5.97 Å². The van der Waals surface area contributed by atoms with Crippen LogP contribution in [0, 0.1) is 0 Å². The van der Waals surface area contributed by atoms with E-state index in [2.05, 4.69) is 31.9 Å². The lowest BCUT2D eigenvalue weighted by atomic mass is 10.1. The van der Waals surface area contributed by atoms with Crippen molar-refractivity contribution in [3.8, 4) is 5.75 Å². The van der Waals surface area contributed by atoms with E-state index in [9.17, 15) is 9.90 Å². The lowest BCUT2D eigenvalue weighted by Gasteiger charge is -2.04. The molecule has 0 aliphatic heterocycles. The maximum Gasteiger partial charge on any atom is 0.303 e. The number of rotatable bonds is 3. The van der Waals surface area contributed by atoms with E-state index < -0.39 is 5.97 Å². The molecule has 0 aliphatic rings. The number of aryl methyl sites for hydroxylation is 1. The van der Waals surface area contributed by atoms with Gasteiger partial charge in [-0.25, -0.2) is 0 Å². The van der Waals surface area contributed by atoms with Gasteiger partial charge in [-0.05, 0) is 56.0 Å². The van der Waals surface area contributed by atoms with Gasteiger partial charge < -0.3 is 10.2 Å². The van der Waals surface area contributed by atoms with Crippen LogP contribution in [-0.4, -0.2) is 16.2 Å². The third-order valence-corrected chi connectivity index (χ3v) is 2.91. The Bertz CT molecular complexity index is 340. The molecule has 1 aromatic carbocycles. The number of hydrogen-bond donors (Lipinski definition) is 2. The van der Waals surface area contributed by atoms with E-state index in [1.165, 1.54) is 0 Å². The van der Waals surface area contributed by atoms with Crippen LogP contribution in [0.5, 0.6) is 5.75 Å². The normalized spacial score (nSPS) is 10.1. The lowest BCUT2D eigenvalue weighted by Crippen LogP contribution is -1.97. The summed E-state index contributed by atoms with van der Waals surface area (Å²) in [6.07, 6.45) is 0.538. The summed E-state index contributed by atoms with van der Waals surface area (Å²) in [5, 5.41) is 17.9. The fourth-order valence-electron chi connectivity index (χ4n) is 1.01. The van der Waals surface area contributed by atoms with E-state index in [4.69, 9.17) is 5.11 Å². The summed E-state index contributed by atoms with van der Waals surface area (Å²) >= 11 is 6.35. The Morgan fingerprint density at radius 2 is 1.79 bits per heavy atom. The minimum absolute atomic E-state index is 0.0870. The highest BCUT2D eigenvalue weighted by Gasteiger charge is 2.06. The van der Waals surface area contributed by atoms with Gasteiger partial charge in [0.15, 0.2) is 0 Å². The van der Waals surface area contributed by atoms with Crippen LogP contribution in [0.4, 0.5) is 0 Å². The summed E-state index contributed by atoms with van der Waals surface area (Å²) in [5.74, 6) is -0.700. The maximum atomic E-state index is 10.3. The van der Waals surface area contributed by atoms with Crippen LogP contribution in [0.25, 0.3) is 0 Å². The molecule has 0 fully saturated rings. The average Bonchev–Trinajstić information content (AvgIpc) is 2.10. The molecule has 14 heavy (non-hydrogen) atoms. The highest BCUT2D eigenvalue weighted by Crippen LogP contribution is 2.33. The Hall–Kier alpha value is -0.550. The van der Waals surface area contributed by atoms with Crippen LogP contribution < -0.4 is 0 Å². The molecule has 1 aromatic rings. The highest BCUT2D eigenvalue weighted by atomic mass is 79.9. The van der Waals surface area contributed by atoms with E-state index in [0.29, 0.717) is 15.4 Å². The average molecular weight is 324 g/mol. The first-order chi connectivity index (χ1) is 6.50. The second kappa shape index (κ2) is 4.79. The molecule has 76 valence electrons. The zero-order valence-corrected chi connectivity index (χ0v) is 10.3. The predicted octanol–water partition coefficient (Wildman–Crippen LogP) is 2.93. The van der Waals surface area contributed by atoms with Gasteiger partial charge in [0.05, 0.1) is 8.95 Å². The van der Waals surface area contributed by atoms with E-state index in [1.807, 2.05) is 0 Å². The van der Waals surface area contributed by atoms with Crippen LogP contribution in [0.1, 0.15) is 12.0 Å². The predicted molar refractivity (Wildman–Crippen MR) is 59.5 cm³/mol. The third kappa shape index (κ3) is 2.99. The van der Waals surface area contributed by atoms with Crippen LogP contribution in [-0.2, 0) is 11.2 Å². The third-order valence-electron chi connectivity index (χ3n) is 1.70. The molecule has 0 heterocycles. The molecular weight excluding hydrogens is 316 g/mol. The molecule has 0 aromatic heterocycles. The number of aliphatic carboxylic acids is 1. The van der Waals surface area contributed by atoms with Crippen molar-refractivity contribution in [2.24, 2.45) is 0 Å². The van der Waals surface area contributed by atoms with Gasteiger partial charge in [0.2, 0.25) is 0 Å². The number of carboxylic acid groups (broad SMARTS) is 1. The molecule has 5 heteroatoms. The van der Waals surface area contributed by atoms with Crippen molar-refractivity contribution in [2.75, 3.05) is 0 Å². The Kier molecular flexibility index (Phi) is 3.95. The first-order valence-corrected chi connectivity index (χ1v) is 5.48. The smallest absolute Gasteiger partial charge is 0.303 e. The molecule has 0 atom stereocenters.